The van der Waals surface area contributed by atoms with Crippen molar-refractivity contribution in [3.05, 3.63) is 112 Å². The van der Waals surface area contributed by atoms with Crippen molar-refractivity contribution in [3.63, 3.8) is 0 Å². The Morgan fingerprint density at radius 3 is 2.31 bits per heavy atom. The van der Waals surface area contributed by atoms with Gasteiger partial charge < -0.3 is 19.6 Å². The number of fused-ring (bicyclic) bond motifs is 11. The molecule has 0 fully saturated rings. The Bertz CT molecular complexity index is 1880. The normalized spacial score (nSPS) is 19.9. The lowest BCUT2D eigenvalue weighted by Crippen LogP contribution is -2.54. The second-order valence-electron chi connectivity index (χ2n) is 11.9. The molecule has 2 aromatic heterocycles. The minimum absolute atomic E-state index is 0.0550. The summed E-state index contributed by atoms with van der Waals surface area (Å²) in [5.74, 6) is 0.806. The fraction of sp³-hybridized carbons (Fsp3) is 0.306. The van der Waals surface area contributed by atoms with Crippen LogP contribution in [0.15, 0.2) is 84.1 Å². The monoisotopic (exact) mass is 556 g/mol. The zero-order valence-corrected chi connectivity index (χ0v) is 24.2. The first-order chi connectivity index (χ1) is 20.7. The number of Topliss-reactive ketones (excluding diaryl/α,β-unsaturated/α-hetero) is 1. The van der Waals surface area contributed by atoms with Gasteiger partial charge in [0.15, 0.2) is 5.78 Å². The van der Waals surface area contributed by atoms with Gasteiger partial charge >= 0.3 is 0 Å². The van der Waals surface area contributed by atoms with Gasteiger partial charge in [-0.1, -0.05) is 61.9 Å². The van der Waals surface area contributed by atoms with Crippen molar-refractivity contribution < 1.29 is 9.53 Å². The van der Waals surface area contributed by atoms with Gasteiger partial charge in [0.2, 0.25) is 0 Å². The molecular formula is C36H36N4O2. The highest BCUT2D eigenvalue weighted by atomic mass is 16.5. The van der Waals surface area contributed by atoms with Crippen molar-refractivity contribution in [1.82, 2.24) is 19.8 Å². The van der Waals surface area contributed by atoms with Crippen LogP contribution in [-0.2, 0) is 12.8 Å². The Kier molecular flexibility index (Phi) is 6.00. The van der Waals surface area contributed by atoms with Crippen molar-refractivity contribution >= 4 is 27.6 Å². The molecule has 6 nitrogen and oxygen atoms in total. The number of nitrogens with one attached hydrogen (secondary N) is 2. The summed E-state index contributed by atoms with van der Waals surface area (Å²) < 4.78 is 5.54. The zero-order valence-electron chi connectivity index (χ0n) is 24.2. The van der Waals surface area contributed by atoms with Crippen LogP contribution < -0.4 is 4.74 Å². The number of hydrogen-bond acceptors (Lipinski definition) is 4. The number of carbonyl (C=O) groups is 1. The van der Waals surface area contributed by atoms with Gasteiger partial charge in [-0.25, -0.2) is 0 Å². The van der Waals surface area contributed by atoms with Gasteiger partial charge in [0.05, 0.1) is 18.8 Å². The topological polar surface area (TPSA) is 64.4 Å². The van der Waals surface area contributed by atoms with Gasteiger partial charge in [0.25, 0.3) is 0 Å². The Morgan fingerprint density at radius 1 is 0.881 bits per heavy atom. The van der Waals surface area contributed by atoms with E-state index in [2.05, 4.69) is 75.2 Å². The number of unbranched alkanes of at least 4 members (excludes halogenated alkanes) is 1. The van der Waals surface area contributed by atoms with Crippen LogP contribution >= 0.6 is 0 Å². The molecule has 2 atom stereocenters. The Labute approximate surface area is 246 Å². The standard InChI is InChI=1S/C36H36N4O2/c1-3-4-16-30-31(35(41)22-10-9-11-23(21-22)42-2)34-32-26(24-12-5-7-14-28(24)37-32)18-20-40(34)36-33-27(17-19-39(30)36)25-13-6-8-15-29(25)38-33/h5-15,21,34,36-38H,3-4,16-20H2,1-2H3/t34-,36-/m1/s1. The molecule has 0 saturated carbocycles. The zero-order chi connectivity index (χ0) is 28.4. The number of benzene rings is 3. The van der Waals surface area contributed by atoms with E-state index in [1.165, 1.54) is 44.5 Å². The van der Waals surface area contributed by atoms with E-state index >= 15 is 0 Å². The highest BCUT2D eigenvalue weighted by Gasteiger charge is 2.49. The lowest BCUT2D eigenvalue weighted by Gasteiger charge is -2.54. The van der Waals surface area contributed by atoms with E-state index in [9.17, 15) is 4.79 Å². The minimum atomic E-state index is -0.162. The molecule has 0 spiro atoms. The number of ketones is 1. The van der Waals surface area contributed by atoms with Crippen LogP contribution in [0.3, 0.4) is 0 Å². The van der Waals surface area contributed by atoms with Crippen LogP contribution in [0.2, 0.25) is 0 Å². The van der Waals surface area contributed by atoms with Crippen molar-refractivity contribution in [2.45, 2.75) is 51.2 Å². The van der Waals surface area contributed by atoms with E-state index in [4.69, 9.17) is 4.74 Å². The molecule has 0 amide bonds. The number of nitrogens with zero attached hydrogens (tertiary/aromatic N) is 2. The Hall–Kier alpha value is -4.29. The number of hydrogen-bond donors (Lipinski definition) is 2. The summed E-state index contributed by atoms with van der Waals surface area (Å²) in [6, 6.07) is 24.8. The van der Waals surface area contributed by atoms with Gasteiger partial charge in [-0.3, -0.25) is 9.69 Å². The summed E-state index contributed by atoms with van der Waals surface area (Å²) in [5.41, 5.74) is 10.4. The molecule has 0 bridgehead atoms. The first kappa shape index (κ1) is 25.4. The Morgan fingerprint density at radius 2 is 1.57 bits per heavy atom. The van der Waals surface area contributed by atoms with Gasteiger partial charge in [-0.15, -0.1) is 0 Å². The number of methoxy groups -OCH3 is 1. The highest BCUT2D eigenvalue weighted by Crippen LogP contribution is 2.52. The highest BCUT2D eigenvalue weighted by molar-refractivity contribution is 6.10. The van der Waals surface area contributed by atoms with Crippen LogP contribution in [-0.4, -0.2) is 45.8 Å². The molecule has 3 aliphatic rings. The molecule has 3 aliphatic heterocycles. The van der Waals surface area contributed by atoms with E-state index in [-0.39, 0.29) is 18.0 Å². The summed E-state index contributed by atoms with van der Waals surface area (Å²) in [5, 5.41) is 2.59. The van der Waals surface area contributed by atoms with Crippen LogP contribution in [0.1, 0.15) is 71.3 Å². The summed E-state index contributed by atoms with van der Waals surface area (Å²) in [4.78, 5) is 27.6. The van der Waals surface area contributed by atoms with Crippen molar-refractivity contribution in [1.29, 1.82) is 0 Å². The number of carbonyl (C=O) groups excluding carboxylic acids is 1. The molecule has 0 aliphatic carbocycles. The van der Waals surface area contributed by atoms with Gasteiger partial charge in [0, 0.05) is 57.4 Å². The fourth-order valence-electron chi connectivity index (χ4n) is 7.79. The number of H-pyrrole nitrogens is 2. The molecule has 212 valence electrons. The summed E-state index contributed by atoms with van der Waals surface area (Å²) in [6.45, 7) is 4.01. The lowest BCUT2D eigenvalue weighted by atomic mass is 9.81. The molecule has 2 N–H and O–H groups in total. The van der Waals surface area contributed by atoms with E-state index in [0.717, 1.165) is 56.3 Å². The SMILES string of the molecule is CCCCC1=C(C(=O)c2cccc(OC)c2)[C@@H]2c3[nH]c4ccccc4c3CCN2[C@@H]2c3[nH]c4ccccc4c3CCN12. The number of aromatic nitrogens is 2. The molecular weight excluding hydrogens is 520 g/mol. The molecule has 0 unspecified atom stereocenters. The number of para-hydroxylation sites is 2. The van der Waals surface area contributed by atoms with Gasteiger partial charge in [-0.05, 0) is 61.1 Å². The second kappa shape index (κ2) is 9.92. The molecule has 5 heterocycles. The smallest absolute Gasteiger partial charge is 0.192 e. The van der Waals surface area contributed by atoms with Crippen molar-refractivity contribution in [2.24, 2.45) is 0 Å². The fourth-order valence-corrected chi connectivity index (χ4v) is 7.79. The van der Waals surface area contributed by atoms with Gasteiger partial charge in [0.1, 0.15) is 11.9 Å². The molecule has 0 saturated heterocycles. The van der Waals surface area contributed by atoms with Crippen LogP contribution in [0.4, 0.5) is 0 Å². The summed E-state index contributed by atoms with van der Waals surface area (Å²) >= 11 is 0. The molecule has 42 heavy (non-hydrogen) atoms. The molecule has 3 aromatic carbocycles. The first-order valence-corrected chi connectivity index (χ1v) is 15.3. The van der Waals surface area contributed by atoms with Crippen LogP contribution in [0.25, 0.3) is 21.8 Å². The summed E-state index contributed by atoms with van der Waals surface area (Å²) in [7, 11) is 1.66. The summed E-state index contributed by atoms with van der Waals surface area (Å²) in [6.07, 6.45) is 4.96. The van der Waals surface area contributed by atoms with E-state index in [1.54, 1.807) is 7.11 Å². The number of rotatable bonds is 6. The second-order valence-corrected chi connectivity index (χ2v) is 11.9. The maximum absolute atomic E-state index is 14.8. The molecule has 6 heteroatoms. The first-order valence-electron chi connectivity index (χ1n) is 15.3. The third-order valence-corrected chi connectivity index (χ3v) is 9.66. The third-order valence-electron chi connectivity index (χ3n) is 9.66. The van der Waals surface area contributed by atoms with Crippen LogP contribution in [0.5, 0.6) is 5.75 Å². The number of allylic oxidation sites excluding steroid dienone is 1. The maximum Gasteiger partial charge on any atom is 0.192 e. The van der Waals surface area contributed by atoms with E-state index in [0.29, 0.717) is 11.3 Å². The molecule has 5 aromatic rings. The van der Waals surface area contributed by atoms with E-state index in [1.807, 2.05) is 24.3 Å². The van der Waals surface area contributed by atoms with Gasteiger partial charge in [-0.2, -0.15) is 0 Å². The number of ether oxygens (including phenoxy) is 1. The average molecular weight is 557 g/mol. The largest absolute Gasteiger partial charge is 0.497 e. The third kappa shape index (κ3) is 3.71. The average Bonchev–Trinajstić information content (AvgIpc) is 3.61. The van der Waals surface area contributed by atoms with Crippen LogP contribution in [0, 0.1) is 0 Å². The van der Waals surface area contributed by atoms with E-state index < -0.39 is 0 Å². The molecule has 8 rings (SSSR count). The predicted molar refractivity (Wildman–Crippen MR) is 167 cm³/mol. The Balaban J connectivity index is 1.39. The quantitative estimate of drug-likeness (QED) is 0.213. The minimum Gasteiger partial charge on any atom is -0.497 e. The maximum atomic E-state index is 14.8. The van der Waals surface area contributed by atoms with Crippen molar-refractivity contribution in [3.8, 4) is 5.75 Å². The number of aromatic amines is 2. The predicted octanol–water partition coefficient (Wildman–Crippen LogP) is 7.45. The lowest BCUT2D eigenvalue weighted by molar-refractivity contribution is 0.000621. The van der Waals surface area contributed by atoms with Crippen molar-refractivity contribution in [2.75, 3.05) is 20.2 Å². The molecule has 0 radical (unpaired) electrons.